The Kier molecular flexibility index (Phi) is 2.87. The van der Waals surface area contributed by atoms with Crippen LogP contribution in [0.1, 0.15) is 6.92 Å². The third kappa shape index (κ3) is 2.64. The summed E-state index contributed by atoms with van der Waals surface area (Å²) in [4.78, 5) is 29.8. The molecular formula is C5H5NO4. The summed E-state index contributed by atoms with van der Waals surface area (Å²) in [7, 11) is 0. The highest BCUT2D eigenvalue weighted by atomic mass is 16.4. The molecule has 5 nitrogen and oxygen atoms in total. The van der Waals surface area contributed by atoms with Gasteiger partial charge in [0.25, 0.3) is 0 Å². The summed E-state index contributed by atoms with van der Waals surface area (Å²) in [6.07, 6.45) is 0. The van der Waals surface area contributed by atoms with E-state index in [1.54, 1.807) is 5.32 Å². The van der Waals surface area contributed by atoms with Crippen molar-refractivity contribution in [3.05, 3.63) is 5.70 Å². The van der Waals surface area contributed by atoms with Crippen molar-refractivity contribution in [1.29, 1.82) is 0 Å². The maximum Gasteiger partial charge on any atom is 0.364 e. The average molecular weight is 143 g/mol. The van der Waals surface area contributed by atoms with Crippen LogP contribution in [0.5, 0.6) is 0 Å². The second-order valence-electron chi connectivity index (χ2n) is 1.46. The first kappa shape index (κ1) is 8.39. The van der Waals surface area contributed by atoms with Gasteiger partial charge in [0.2, 0.25) is 11.6 Å². The molecule has 0 atom stereocenters. The molecule has 0 aromatic rings. The summed E-state index contributed by atoms with van der Waals surface area (Å²) in [6.45, 7) is 1.10. The number of hydrogen-bond acceptors (Lipinski definition) is 3. The number of carboxylic acid groups (broad SMARTS) is 1. The van der Waals surface area contributed by atoms with Gasteiger partial charge in [-0.3, -0.25) is 4.79 Å². The number of nitrogens with one attached hydrogen (secondary N) is 1. The first-order chi connectivity index (χ1) is 4.57. The fourth-order valence-electron chi connectivity index (χ4n) is 0.299. The predicted octanol–water partition coefficient (Wildman–Crippen LogP) is -1.08. The van der Waals surface area contributed by atoms with Crippen molar-refractivity contribution in [2.75, 3.05) is 0 Å². The van der Waals surface area contributed by atoms with Crippen LogP contribution in [-0.4, -0.2) is 22.9 Å². The van der Waals surface area contributed by atoms with Gasteiger partial charge in [0.1, 0.15) is 0 Å². The van der Waals surface area contributed by atoms with Gasteiger partial charge in [0.05, 0.1) is 0 Å². The molecule has 0 rings (SSSR count). The molecule has 0 radical (unpaired) electrons. The van der Waals surface area contributed by atoms with Crippen molar-refractivity contribution in [3.63, 3.8) is 0 Å². The van der Waals surface area contributed by atoms with E-state index < -0.39 is 17.6 Å². The van der Waals surface area contributed by atoms with Crippen LogP contribution in [-0.2, 0) is 14.4 Å². The van der Waals surface area contributed by atoms with Gasteiger partial charge in [-0.25, -0.2) is 9.59 Å². The molecule has 0 aromatic carbocycles. The van der Waals surface area contributed by atoms with E-state index in [9.17, 15) is 14.4 Å². The van der Waals surface area contributed by atoms with Crippen molar-refractivity contribution < 1.29 is 19.5 Å². The van der Waals surface area contributed by atoms with Crippen molar-refractivity contribution in [3.8, 4) is 0 Å². The van der Waals surface area contributed by atoms with E-state index in [-0.39, 0.29) is 0 Å². The number of rotatable bonds is 2. The molecule has 0 aliphatic heterocycles. The largest absolute Gasteiger partial charge is 0.476 e. The van der Waals surface area contributed by atoms with Crippen LogP contribution in [0.4, 0.5) is 0 Å². The molecule has 1 amide bonds. The van der Waals surface area contributed by atoms with E-state index in [2.05, 4.69) is 0 Å². The zero-order chi connectivity index (χ0) is 8.15. The lowest BCUT2D eigenvalue weighted by molar-refractivity contribution is -0.134. The number of carbonyl (C=O) groups is 2. The summed E-state index contributed by atoms with van der Waals surface area (Å²) in [6, 6.07) is 0. The zero-order valence-electron chi connectivity index (χ0n) is 5.17. The molecule has 10 heavy (non-hydrogen) atoms. The molecule has 0 fully saturated rings. The van der Waals surface area contributed by atoms with Gasteiger partial charge in [-0.05, 0) is 0 Å². The van der Waals surface area contributed by atoms with Gasteiger partial charge in [0, 0.05) is 6.92 Å². The van der Waals surface area contributed by atoms with Gasteiger partial charge in [-0.1, -0.05) is 0 Å². The maximum atomic E-state index is 10.1. The Morgan fingerprint density at radius 3 is 2.10 bits per heavy atom. The van der Waals surface area contributed by atoms with Crippen LogP contribution < -0.4 is 5.32 Å². The molecule has 0 aliphatic carbocycles. The summed E-state index contributed by atoms with van der Waals surface area (Å²) in [5.41, 5.74) is -0.771. The molecule has 0 heterocycles. The van der Waals surface area contributed by atoms with Gasteiger partial charge in [0.15, 0.2) is 5.94 Å². The Balaban J connectivity index is 4.27. The van der Waals surface area contributed by atoms with Crippen LogP contribution in [0.2, 0.25) is 0 Å². The van der Waals surface area contributed by atoms with E-state index in [4.69, 9.17) is 5.11 Å². The maximum absolute atomic E-state index is 10.1. The lowest BCUT2D eigenvalue weighted by Gasteiger charge is -1.94. The normalized spacial score (nSPS) is 7.70. The molecule has 0 aromatic heterocycles. The molecule has 0 bridgehead atoms. The van der Waals surface area contributed by atoms with E-state index in [0.29, 0.717) is 0 Å². The van der Waals surface area contributed by atoms with E-state index in [1.165, 1.54) is 0 Å². The highest BCUT2D eigenvalue weighted by Gasteiger charge is 2.08. The molecule has 0 spiro atoms. The molecule has 0 saturated carbocycles. The number of carbonyl (C=O) groups excluding carboxylic acids is 2. The third-order valence-electron chi connectivity index (χ3n) is 0.617. The summed E-state index contributed by atoms with van der Waals surface area (Å²) in [5, 5.41) is 9.89. The minimum absolute atomic E-state index is 0.610. The highest BCUT2D eigenvalue weighted by molar-refractivity contribution is 5.98. The minimum Gasteiger partial charge on any atom is -0.476 e. The topological polar surface area (TPSA) is 83.5 Å². The minimum atomic E-state index is -1.50. The Bertz CT molecular complexity index is 214. The van der Waals surface area contributed by atoms with Gasteiger partial charge in [-0.2, -0.15) is 0 Å². The monoisotopic (exact) mass is 143 g/mol. The predicted molar refractivity (Wildman–Crippen MR) is 30.7 cm³/mol. The molecule has 54 valence electrons. The van der Waals surface area contributed by atoms with Crippen LogP contribution in [0.15, 0.2) is 5.70 Å². The second kappa shape index (κ2) is 3.42. The highest BCUT2D eigenvalue weighted by Crippen LogP contribution is 1.79. The molecule has 0 saturated heterocycles. The molecular weight excluding hydrogens is 138 g/mol. The van der Waals surface area contributed by atoms with Crippen LogP contribution >= 0.6 is 0 Å². The van der Waals surface area contributed by atoms with E-state index in [1.807, 2.05) is 0 Å². The Labute approximate surface area is 56.3 Å². The van der Waals surface area contributed by atoms with E-state index >= 15 is 0 Å². The first-order valence-corrected chi connectivity index (χ1v) is 2.34. The van der Waals surface area contributed by atoms with E-state index in [0.717, 1.165) is 12.9 Å². The van der Waals surface area contributed by atoms with Crippen molar-refractivity contribution in [2.24, 2.45) is 0 Å². The summed E-state index contributed by atoms with van der Waals surface area (Å²) >= 11 is 0. The van der Waals surface area contributed by atoms with Crippen molar-refractivity contribution >= 4 is 17.8 Å². The van der Waals surface area contributed by atoms with Crippen molar-refractivity contribution in [1.82, 2.24) is 5.32 Å². The number of carboxylic acids is 1. The van der Waals surface area contributed by atoms with Gasteiger partial charge in [-0.15, -0.1) is 0 Å². The SMILES string of the molecule is CC(=O)NC(=C=O)C(=O)O. The Morgan fingerprint density at radius 1 is 1.50 bits per heavy atom. The van der Waals surface area contributed by atoms with Crippen molar-refractivity contribution in [2.45, 2.75) is 6.92 Å². The quantitative estimate of drug-likeness (QED) is 0.380. The Morgan fingerprint density at radius 2 is 2.00 bits per heavy atom. The fraction of sp³-hybridized carbons (Fsp3) is 0.200. The average Bonchev–Trinajstić information content (AvgIpc) is 1.81. The van der Waals surface area contributed by atoms with Gasteiger partial charge < -0.3 is 10.4 Å². The summed E-state index contributed by atoms with van der Waals surface area (Å²) in [5.74, 6) is -1.04. The molecule has 0 aliphatic rings. The lowest BCUT2D eigenvalue weighted by atomic mass is 10.5. The van der Waals surface area contributed by atoms with Crippen LogP contribution in [0, 0.1) is 0 Å². The Hall–Kier alpha value is -1.61. The lowest BCUT2D eigenvalue weighted by Crippen LogP contribution is -2.25. The number of aliphatic carboxylic acids is 1. The molecule has 2 N–H and O–H groups in total. The van der Waals surface area contributed by atoms with Crippen LogP contribution in [0.25, 0.3) is 0 Å². The fourth-order valence-corrected chi connectivity index (χ4v) is 0.299. The number of hydrogen-bond donors (Lipinski definition) is 2. The standard InChI is InChI=1S/C5H5NO4/c1-3(8)6-4(2-7)5(9)10/h1H3,(H,6,8)(H,9,10). The second-order valence-corrected chi connectivity index (χ2v) is 1.46. The third-order valence-corrected chi connectivity index (χ3v) is 0.617. The summed E-state index contributed by atoms with van der Waals surface area (Å²) < 4.78 is 0. The number of amides is 1. The molecule has 5 heteroatoms. The van der Waals surface area contributed by atoms with Crippen LogP contribution in [0.3, 0.4) is 0 Å². The van der Waals surface area contributed by atoms with Gasteiger partial charge >= 0.3 is 5.97 Å². The molecule has 0 unspecified atom stereocenters. The first-order valence-electron chi connectivity index (χ1n) is 2.34. The zero-order valence-corrected chi connectivity index (χ0v) is 5.17. The smallest absolute Gasteiger partial charge is 0.364 e.